The smallest absolute Gasteiger partial charge is 0.127 e. The van der Waals surface area contributed by atoms with Crippen LogP contribution in [-0.4, -0.2) is 6.54 Å². The number of rotatable bonds is 5. The first-order valence-corrected chi connectivity index (χ1v) is 8.43. The quantitative estimate of drug-likeness (QED) is 0.726. The Balaban J connectivity index is 2.30. The Hall–Kier alpha value is -0.420. The minimum absolute atomic E-state index is 0.0735. The van der Waals surface area contributed by atoms with E-state index >= 15 is 0 Å². The fourth-order valence-electron chi connectivity index (χ4n) is 2.10. The third-order valence-electron chi connectivity index (χ3n) is 3.14. The Morgan fingerprint density at radius 3 is 2.75 bits per heavy atom. The van der Waals surface area contributed by atoms with Gasteiger partial charge in [-0.15, -0.1) is 11.3 Å². The molecule has 20 heavy (non-hydrogen) atoms. The maximum absolute atomic E-state index is 13.9. The van der Waals surface area contributed by atoms with E-state index in [0.717, 1.165) is 11.0 Å². The monoisotopic (exact) mass is 375 g/mol. The van der Waals surface area contributed by atoms with Crippen molar-refractivity contribution in [3.8, 4) is 0 Å². The summed E-state index contributed by atoms with van der Waals surface area (Å²) in [5, 5.41) is 3.89. The van der Waals surface area contributed by atoms with Crippen LogP contribution in [0.4, 0.5) is 4.39 Å². The van der Waals surface area contributed by atoms with Crippen molar-refractivity contribution in [1.29, 1.82) is 0 Å². The Morgan fingerprint density at radius 2 is 2.20 bits per heavy atom. The van der Waals surface area contributed by atoms with Gasteiger partial charge < -0.3 is 5.32 Å². The van der Waals surface area contributed by atoms with Gasteiger partial charge in [-0.1, -0.05) is 24.6 Å². The second-order valence-corrected chi connectivity index (χ2v) is 7.12. The van der Waals surface area contributed by atoms with Gasteiger partial charge in [0.05, 0.1) is 0 Å². The molecule has 1 aromatic carbocycles. The van der Waals surface area contributed by atoms with Crippen molar-refractivity contribution in [2.45, 2.75) is 26.3 Å². The lowest BCUT2D eigenvalue weighted by molar-refractivity contribution is 0.534. The summed E-state index contributed by atoms with van der Waals surface area (Å²) in [5.41, 5.74) is 0.572. The molecule has 0 saturated carbocycles. The Morgan fingerprint density at radius 1 is 1.45 bits per heavy atom. The van der Waals surface area contributed by atoms with Crippen molar-refractivity contribution < 1.29 is 4.39 Å². The van der Waals surface area contributed by atoms with E-state index in [2.05, 4.69) is 34.2 Å². The molecule has 0 radical (unpaired) electrons. The van der Waals surface area contributed by atoms with Crippen molar-refractivity contribution >= 4 is 38.9 Å². The summed E-state index contributed by atoms with van der Waals surface area (Å²) in [6.07, 6.45) is 0.547. The third-order valence-corrected chi connectivity index (χ3v) is 5.74. The van der Waals surface area contributed by atoms with Gasteiger partial charge in [-0.2, -0.15) is 0 Å². The van der Waals surface area contributed by atoms with Gasteiger partial charge in [0, 0.05) is 30.9 Å². The van der Waals surface area contributed by atoms with Crippen LogP contribution in [0.1, 0.15) is 28.3 Å². The zero-order valence-electron chi connectivity index (χ0n) is 11.3. The summed E-state index contributed by atoms with van der Waals surface area (Å²) < 4.78 is 15.0. The number of thiophene rings is 1. The average Bonchev–Trinajstić information content (AvgIpc) is 2.73. The van der Waals surface area contributed by atoms with Gasteiger partial charge in [-0.05, 0) is 54.0 Å². The number of likely N-dealkylation sites (N-methyl/N-ethyl adjacent to an activating group) is 1. The van der Waals surface area contributed by atoms with Crippen molar-refractivity contribution in [2.24, 2.45) is 0 Å². The molecule has 0 aliphatic carbocycles. The molecule has 0 aliphatic heterocycles. The minimum Gasteiger partial charge on any atom is -0.309 e. The molecule has 1 heterocycles. The predicted octanol–water partition coefficient (Wildman–Crippen LogP) is 5.50. The number of halogens is 3. The maximum atomic E-state index is 13.9. The van der Waals surface area contributed by atoms with Crippen molar-refractivity contribution in [3.05, 3.63) is 54.9 Å². The molecule has 0 aliphatic rings. The average molecular weight is 377 g/mol. The molecule has 0 amide bonds. The number of benzene rings is 1. The van der Waals surface area contributed by atoms with Gasteiger partial charge in [-0.3, -0.25) is 0 Å². The van der Waals surface area contributed by atoms with Crippen molar-refractivity contribution in [2.75, 3.05) is 6.54 Å². The molecule has 0 fully saturated rings. The maximum Gasteiger partial charge on any atom is 0.127 e. The molecular formula is C15H16BrClFNS. The van der Waals surface area contributed by atoms with E-state index in [1.165, 1.54) is 15.8 Å². The largest absolute Gasteiger partial charge is 0.309 e. The highest BCUT2D eigenvalue weighted by Crippen LogP contribution is 2.33. The molecule has 0 bridgehead atoms. The Kier molecular flexibility index (Phi) is 5.61. The van der Waals surface area contributed by atoms with Crippen LogP contribution in [-0.2, 0) is 6.42 Å². The first kappa shape index (κ1) is 16.0. The standard InChI is InChI=1S/C15H16BrClFNS/c1-3-19-14(15-8-11(16)9(2)20-15)7-10-12(17)5-4-6-13(10)18/h4-6,8,14,19H,3,7H2,1-2H3. The molecule has 0 saturated heterocycles. The van der Waals surface area contributed by atoms with E-state index < -0.39 is 0 Å². The fourth-order valence-corrected chi connectivity index (χ4v) is 3.98. The highest BCUT2D eigenvalue weighted by molar-refractivity contribution is 9.10. The summed E-state index contributed by atoms with van der Waals surface area (Å²) >= 11 is 11.4. The normalized spacial score (nSPS) is 12.7. The second-order valence-electron chi connectivity index (χ2n) is 4.57. The van der Waals surface area contributed by atoms with Crippen LogP contribution in [0.5, 0.6) is 0 Å². The first-order valence-electron chi connectivity index (χ1n) is 6.45. The molecule has 1 unspecified atom stereocenters. The molecule has 0 spiro atoms. The van der Waals surface area contributed by atoms with Crippen LogP contribution in [0.15, 0.2) is 28.7 Å². The molecule has 2 rings (SSSR count). The molecular weight excluding hydrogens is 361 g/mol. The van der Waals surface area contributed by atoms with Crippen LogP contribution in [0.2, 0.25) is 5.02 Å². The molecule has 5 heteroatoms. The second kappa shape index (κ2) is 7.03. The lowest BCUT2D eigenvalue weighted by atomic mass is 10.0. The van der Waals surface area contributed by atoms with Gasteiger partial charge in [0.25, 0.3) is 0 Å². The topological polar surface area (TPSA) is 12.0 Å². The van der Waals surface area contributed by atoms with Gasteiger partial charge in [-0.25, -0.2) is 4.39 Å². The lowest BCUT2D eigenvalue weighted by Gasteiger charge is -2.17. The molecule has 1 nitrogen and oxygen atoms in total. The van der Waals surface area contributed by atoms with Gasteiger partial charge in [0.15, 0.2) is 0 Å². The molecule has 1 N–H and O–H groups in total. The van der Waals surface area contributed by atoms with E-state index in [1.807, 2.05) is 6.92 Å². The van der Waals surface area contributed by atoms with E-state index in [0.29, 0.717) is 17.0 Å². The number of hydrogen-bond donors (Lipinski definition) is 1. The summed E-state index contributed by atoms with van der Waals surface area (Å²) in [6, 6.07) is 7.00. The zero-order valence-corrected chi connectivity index (χ0v) is 14.5. The summed E-state index contributed by atoms with van der Waals surface area (Å²) in [6.45, 7) is 4.94. The summed E-state index contributed by atoms with van der Waals surface area (Å²) in [4.78, 5) is 2.41. The highest BCUT2D eigenvalue weighted by atomic mass is 79.9. The van der Waals surface area contributed by atoms with Gasteiger partial charge in [0.2, 0.25) is 0 Å². The SMILES string of the molecule is CCNC(Cc1c(F)cccc1Cl)c1cc(Br)c(C)s1. The third kappa shape index (κ3) is 3.61. The summed E-state index contributed by atoms with van der Waals surface area (Å²) in [5.74, 6) is -0.243. The van der Waals surface area contributed by atoms with Crippen molar-refractivity contribution in [1.82, 2.24) is 5.32 Å². The van der Waals surface area contributed by atoms with Crippen molar-refractivity contribution in [3.63, 3.8) is 0 Å². The van der Waals surface area contributed by atoms with Crippen LogP contribution < -0.4 is 5.32 Å². The highest BCUT2D eigenvalue weighted by Gasteiger charge is 2.18. The van der Waals surface area contributed by atoms with Crippen LogP contribution >= 0.6 is 38.9 Å². The van der Waals surface area contributed by atoms with E-state index in [1.54, 1.807) is 23.5 Å². The molecule has 108 valence electrons. The molecule has 1 aromatic heterocycles. The summed E-state index contributed by atoms with van der Waals surface area (Å²) in [7, 11) is 0. The minimum atomic E-state index is -0.243. The molecule has 1 atom stereocenters. The fraction of sp³-hybridized carbons (Fsp3) is 0.333. The Labute approximate surface area is 136 Å². The van der Waals surface area contributed by atoms with Gasteiger partial charge in [0.1, 0.15) is 5.82 Å². The van der Waals surface area contributed by atoms with Crippen LogP contribution in [0.25, 0.3) is 0 Å². The van der Waals surface area contributed by atoms with E-state index in [-0.39, 0.29) is 11.9 Å². The number of aryl methyl sites for hydroxylation is 1. The number of nitrogens with one attached hydrogen (secondary N) is 1. The van der Waals surface area contributed by atoms with Gasteiger partial charge >= 0.3 is 0 Å². The number of hydrogen-bond acceptors (Lipinski definition) is 2. The van der Waals surface area contributed by atoms with E-state index in [9.17, 15) is 4.39 Å². The first-order chi connectivity index (χ1) is 9.52. The van der Waals surface area contributed by atoms with Crippen LogP contribution in [0.3, 0.4) is 0 Å². The lowest BCUT2D eigenvalue weighted by Crippen LogP contribution is -2.22. The Bertz CT molecular complexity index is 560. The zero-order chi connectivity index (χ0) is 14.7. The van der Waals surface area contributed by atoms with Crippen LogP contribution in [0, 0.1) is 12.7 Å². The van der Waals surface area contributed by atoms with E-state index in [4.69, 9.17) is 11.6 Å². The predicted molar refractivity (Wildman–Crippen MR) is 88.3 cm³/mol. The molecule has 2 aromatic rings.